The Morgan fingerprint density at radius 2 is 0.788 bits per heavy atom. The van der Waals surface area contributed by atoms with Gasteiger partial charge in [0.25, 0.3) is 11.7 Å². The topological polar surface area (TPSA) is 36.9 Å². The molecule has 0 aromatic rings. The number of halogens is 14. The lowest BCUT2D eigenvalue weighted by atomic mass is 10.3. The van der Waals surface area contributed by atoms with Crippen molar-refractivity contribution in [2.24, 2.45) is 0 Å². The molecule has 0 atom stereocenters. The van der Waals surface area contributed by atoms with Gasteiger partial charge in [0.2, 0.25) is 0 Å². The van der Waals surface area contributed by atoms with Gasteiger partial charge in [-0.1, -0.05) is 0 Å². The van der Waals surface area contributed by atoms with E-state index in [1.165, 1.54) is 0 Å². The third-order valence-electron chi connectivity index (χ3n) is 2.70. The van der Waals surface area contributed by atoms with Crippen molar-refractivity contribution in [1.82, 2.24) is 0 Å². The standard InChI is InChI=1S/C8F14O.C6H16O3Si/c9-1(5(13,14)7(17,18)19)3(11)23-4(12)2(10)6(15,16)8(20,21)22;1-4-7-10(8-5-2)9-6-3/h;10H,4-6H2,1-3H3. The van der Waals surface area contributed by atoms with Gasteiger partial charge in [-0.3, -0.25) is 0 Å². The van der Waals surface area contributed by atoms with Gasteiger partial charge in [0.05, 0.1) is 0 Å². The fraction of sp³-hybridized carbons (Fsp3) is 0.714. The van der Waals surface area contributed by atoms with Crippen LogP contribution in [-0.4, -0.2) is 53.5 Å². The minimum absolute atomic E-state index is 0.677. The third-order valence-corrected chi connectivity index (χ3v) is 4.51. The Balaban J connectivity index is 0. The molecule has 0 rings (SSSR count). The zero-order valence-corrected chi connectivity index (χ0v) is 17.8. The second-order valence-electron chi connectivity index (χ2n) is 5.08. The smallest absolute Gasteiger partial charge is 0.400 e. The van der Waals surface area contributed by atoms with Crippen molar-refractivity contribution in [2.45, 2.75) is 45.0 Å². The van der Waals surface area contributed by atoms with Crippen molar-refractivity contribution in [3.05, 3.63) is 23.7 Å². The highest BCUT2D eigenvalue weighted by atomic mass is 28.3. The van der Waals surface area contributed by atoms with E-state index >= 15 is 0 Å². The summed E-state index contributed by atoms with van der Waals surface area (Å²) in [6, 6.07) is -7.84. The van der Waals surface area contributed by atoms with Crippen LogP contribution in [0.3, 0.4) is 0 Å². The van der Waals surface area contributed by atoms with Crippen LogP contribution in [0.1, 0.15) is 20.8 Å². The van der Waals surface area contributed by atoms with Gasteiger partial charge in [0, 0.05) is 19.8 Å². The first-order valence-corrected chi connectivity index (χ1v) is 9.66. The SMILES string of the molecule is CCO[SiH](OCC)OCC.FC(OC(F)=C(F)C(F)(F)C(F)(F)F)=C(F)C(F)(F)C(F)(F)F. The molecule has 0 aliphatic carbocycles. The molecule has 0 aromatic carbocycles. The number of hydrogen-bond donors (Lipinski definition) is 0. The fourth-order valence-corrected chi connectivity index (χ4v) is 2.32. The molecule has 19 heteroatoms. The van der Waals surface area contributed by atoms with Crippen LogP contribution in [0.15, 0.2) is 23.7 Å². The molecule has 0 radical (unpaired) electrons. The maximum absolute atomic E-state index is 12.5. The van der Waals surface area contributed by atoms with Gasteiger partial charge < -0.3 is 18.0 Å². The zero-order valence-electron chi connectivity index (χ0n) is 16.6. The van der Waals surface area contributed by atoms with E-state index in [4.69, 9.17) is 13.3 Å². The molecule has 33 heavy (non-hydrogen) atoms. The van der Waals surface area contributed by atoms with Gasteiger partial charge in [-0.15, -0.1) is 0 Å². The Bertz CT molecular complexity index is 599. The summed E-state index contributed by atoms with van der Waals surface area (Å²) in [6.45, 7) is 7.86. The van der Waals surface area contributed by atoms with E-state index in [0.717, 1.165) is 0 Å². The number of hydrogen-bond acceptors (Lipinski definition) is 4. The van der Waals surface area contributed by atoms with Crippen LogP contribution in [0.2, 0.25) is 0 Å². The zero-order chi connectivity index (χ0) is 26.8. The Hall–Kier alpha value is -1.60. The van der Waals surface area contributed by atoms with Crippen molar-refractivity contribution < 1.29 is 79.5 Å². The second kappa shape index (κ2) is 13.3. The van der Waals surface area contributed by atoms with Gasteiger partial charge >= 0.3 is 45.8 Å². The first-order valence-electron chi connectivity index (χ1n) is 8.25. The number of alkyl halides is 10. The quantitative estimate of drug-likeness (QED) is 0.181. The van der Waals surface area contributed by atoms with Crippen LogP contribution in [-0.2, 0) is 18.0 Å². The minimum atomic E-state index is -6.80. The first-order chi connectivity index (χ1) is 14.7. The molecule has 0 unspecified atom stereocenters. The highest BCUT2D eigenvalue weighted by Gasteiger charge is 2.64. The summed E-state index contributed by atoms with van der Waals surface area (Å²) in [7, 11) is -1.73. The van der Waals surface area contributed by atoms with Crippen molar-refractivity contribution >= 4 is 9.53 Å². The lowest BCUT2D eigenvalue weighted by Crippen LogP contribution is -2.38. The molecule has 4 nitrogen and oxygen atoms in total. The van der Waals surface area contributed by atoms with Gasteiger partial charge in [0.1, 0.15) is 0 Å². The largest absolute Gasteiger partial charge is 0.484 e. The predicted octanol–water partition coefficient (Wildman–Crippen LogP) is 6.43. The van der Waals surface area contributed by atoms with Crippen molar-refractivity contribution in [3.63, 3.8) is 0 Å². The Morgan fingerprint density at radius 3 is 0.970 bits per heavy atom. The number of rotatable bonds is 10. The predicted molar refractivity (Wildman–Crippen MR) is 83.6 cm³/mol. The van der Waals surface area contributed by atoms with Crippen LogP contribution >= 0.6 is 0 Å². The minimum Gasteiger partial charge on any atom is -0.400 e. The molecule has 0 aromatic heterocycles. The number of allylic oxidation sites excluding steroid dienone is 2. The summed E-state index contributed by atoms with van der Waals surface area (Å²) in [5, 5.41) is 0. The highest BCUT2D eigenvalue weighted by Crippen LogP contribution is 2.45. The molecule has 0 amide bonds. The van der Waals surface area contributed by atoms with Gasteiger partial charge in [0.15, 0.2) is 0 Å². The van der Waals surface area contributed by atoms with Gasteiger partial charge in [-0.05, 0) is 20.8 Å². The van der Waals surface area contributed by atoms with Crippen LogP contribution in [0, 0.1) is 0 Å². The van der Waals surface area contributed by atoms with Crippen molar-refractivity contribution in [2.75, 3.05) is 19.8 Å². The normalized spacial score (nSPS) is 15.0. The van der Waals surface area contributed by atoms with Gasteiger partial charge in [-0.25, -0.2) is 0 Å². The van der Waals surface area contributed by atoms with E-state index in [1.54, 1.807) is 0 Å². The molecule has 0 aliphatic heterocycles. The summed E-state index contributed by atoms with van der Waals surface area (Å²) in [5.74, 6) is -21.8. The average Bonchev–Trinajstić information content (AvgIpc) is 2.65. The fourth-order valence-electron chi connectivity index (χ4n) is 1.22. The Morgan fingerprint density at radius 1 is 0.545 bits per heavy atom. The molecule has 0 fully saturated rings. The van der Waals surface area contributed by atoms with Crippen LogP contribution < -0.4 is 0 Å². The van der Waals surface area contributed by atoms with Crippen LogP contribution in [0.25, 0.3) is 0 Å². The average molecular weight is 542 g/mol. The van der Waals surface area contributed by atoms with E-state index < -0.39 is 57.4 Å². The molecular weight excluding hydrogens is 526 g/mol. The highest BCUT2D eigenvalue weighted by molar-refractivity contribution is 6.36. The summed E-state index contributed by atoms with van der Waals surface area (Å²) < 4.78 is 186. The Labute approximate surface area is 178 Å². The summed E-state index contributed by atoms with van der Waals surface area (Å²) in [4.78, 5) is 0. The maximum atomic E-state index is 12.5. The Kier molecular flexibility index (Phi) is 13.6. The summed E-state index contributed by atoms with van der Waals surface area (Å²) >= 11 is 0. The summed E-state index contributed by atoms with van der Waals surface area (Å²) in [5.41, 5.74) is 0. The molecule has 0 heterocycles. The molecule has 198 valence electrons. The lowest BCUT2D eigenvalue weighted by Gasteiger charge is -2.19. The molecule has 0 aliphatic rings. The molecule has 0 saturated carbocycles. The molecule has 0 bridgehead atoms. The molecule has 0 spiro atoms. The van der Waals surface area contributed by atoms with Gasteiger partial charge in [-0.2, -0.15) is 61.5 Å². The first kappa shape index (κ1) is 33.6. The molecule has 0 N–H and O–H groups in total. The van der Waals surface area contributed by atoms with E-state index in [-0.39, 0.29) is 0 Å². The maximum Gasteiger partial charge on any atom is 0.484 e. The third kappa shape index (κ3) is 10.0. The lowest BCUT2D eigenvalue weighted by molar-refractivity contribution is -0.273. The number of ether oxygens (including phenoxy) is 1. The van der Waals surface area contributed by atoms with Crippen molar-refractivity contribution in [1.29, 1.82) is 0 Å². The van der Waals surface area contributed by atoms with Crippen molar-refractivity contribution in [3.8, 4) is 0 Å². The van der Waals surface area contributed by atoms with E-state index in [0.29, 0.717) is 19.8 Å². The summed E-state index contributed by atoms with van der Waals surface area (Å²) in [6.07, 6.45) is -13.6. The molecule has 0 saturated heterocycles. The van der Waals surface area contributed by atoms with E-state index in [1.807, 2.05) is 20.8 Å². The van der Waals surface area contributed by atoms with Crippen LogP contribution in [0.5, 0.6) is 0 Å². The second-order valence-corrected chi connectivity index (χ2v) is 6.65. The van der Waals surface area contributed by atoms with Crippen LogP contribution in [0.4, 0.5) is 61.5 Å². The monoisotopic (exact) mass is 542 g/mol. The van der Waals surface area contributed by atoms with E-state index in [2.05, 4.69) is 4.74 Å². The van der Waals surface area contributed by atoms with E-state index in [9.17, 15) is 61.5 Å². The molecular formula is C14H16F14O4Si.